The number of nitrogens with zero attached hydrogens (tertiary/aromatic N) is 3. The smallest absolute Gasteiger partial charge is 0.205 e. The van der Waals surface area contributed by atoms with Crippen LogP contribution in [0.2, 0.25) is 0 Å². The van der Waals surface area contributed by atoms with Gasteiger partial charge in [-0.3, -0.25) is 0 Å². The van der Waals surface area contributed by atoms with E-state index in [0.29, 0.717) is 6.04 Å². The molecule has 1 aliphatic rings. The molecule has 1 aliphatic heterocycles. The largest absolute Gasteiger partial charge is 0.343 e. The Balaban J connectivity index is 2.18. The predicted octanol–water partition coefficient (Wildman–Crippen LogP) is 3.20. The van der Waals surface area contributed by atoms with Gasteiger partial charge in [-0.15, -0.1) is 0 Å². The Kier molecular flexibility index (Phi) is 3.54. The first-order valence-electron chi connectivity index (χ1n) is 5.69. The summed E-state index contributed by atoms with van der Waals surface area (Å²) in [6, 6.07) is 0.598. The Morgan fingerprint density at radius 3 is 2.81 bits per heavy atom. The molecular formula is C11H18BrN3S. The van der Waals surface area contributed by atoms with Crippen LogP contribution in [0, 0.1) is 0 Å². The maximum atomic E-state index is 4.67. The summed E-state index contributed by atoms with van der Waals surface area (Å²) >= 11 is 5.11. The molecule has 0 amide bonds. The number of aromatic nitrogens is 2. The lowest BCUT2D eigenvalue weighted by atomic mass is 9.96. The summed E-state index contributed by atoms with van der Waals surface area (Å²) in [6.45, 7) is 7.59. The van der Waals surface area contributed by atoms with E-state index < -0.39 is 0 Å². The third-order valence-corrected chi connectivity index (χ3v) is 4.39. The Bertz CT molecular complexity index is 358. The monoisotopic (exact) mass is 303 g/mol. The van der Waals surface area contributed by atoms with Gasteiger partial charge in [-0.2, -0.15) is 4.37 Å². The van der Waals surface area contributed by atoms with Crippen LogP contribution in [-0.4, -0.2) is 27.3 Å². The molecule has 0 radical (unpaired) electrons. The minimum Gasteiger partial charge on any atom is -0.343 e. The number of rotatable bonds is 2. The van der Waals surface area contributed by atoms with Crippen molar-refractivity contribution >= 4 is 32.6 Å². The standard InChI is InChI=1S/C11H18BrN3S/c1-11(2,3)9-13-10(16-14-9)15-6-4-5-8(15)7-12/h8H,4-7H2,1-3H3. The molecule has 16 heavy (non-hydrogen) atoms. The van der Waals surface area contributed by atoms with E-state index in [2.05, 4.69) is 51.0 Å². The van der Waals surface area contributed by atoms with Gasteiger partial charge in [-0.1, -0.05) is 36.7 Å². The Morgan fingerprint density at radius 1 is 1.50 bits per heavy atom. The van der Waals surface area contributed by atoms with E-state index in [1.807, 2.05) is 0 Å². The summed E-state index contributed by atoms with van der Waals surface area (Å²) in [4.78, 5) is 7.06. The van der Waals surface area contributed by atoms with E-state index >= 15 is 0 Å². The maximum absolute atomic E-state index is 4.67. The van der Waals surface area contributed by atoms with Crippen LogP contribution >= 0.6 is 27.5 Å². The van der Waals surface area contributed by atoms with Crippen molar-refractivity contribution in [3.8, 4) is 0 Å². The Morgan fingerprint density at radius 2 is 2.25 bits per heavy atom. The summed E-state index contributed by atoms with van der Waals surface area (Å²) in [5.74, 6) is 0.965. The molecule has 90 valence electrons. The lowest BCUT2D eigenvalue weighted by Crippen LogP contribution is -2.30. The molecule has 3 nitrogen and oxygen atoms in total. The molecule has 1 saturated heterocycles. The molecule has 0 saturated carbocycles. The van der Waals surface area contributed by atoms with Gasteiger partial charge < -0.3 is 4.90 Å². The van der Waals surface area contributed by atoms with Gasteiger partial charge in [0, 0.05) is 34.9 Å². The molecule has 0 aliphatic carbocycles. The van der Waals surface area contributed by atoms with Crippen LogP contribution in [0.5, 0.6) is 0 Å². The van der Waals surface area contributed by atoms with E-state index in [-0.39, 0.29) is 5.41 Å². The van der Waals surface area contributed by atoms with E-state index in [1.165, 1.54) is 24.4 Å². The van der Waals surface area contributed by atoms with Gasteiger partial charge in [0.1, 0.15) is 5.82 Å². The van der Waals surface area contributed by atoms with Crippen LogP contribution in [-0.2, 0) is 5.41 Å². The minimum atomic E-state index is 0.0539. The van der Waals surface area contributed by atoms with Gasteiger partial charge in [-0.05, 0) is 12.8 Å². The highest BCUT2D eigenvalue weighted by Gasteiger charge is 2.28. The third kappa shape index (κ3) is 2.40. The van der Waals surface area contributed by atoms with Crippen LogP contribution in [0.4, 0.5) is 5.13 Å². The van der Waals surface area contributed by atoms with Crippen LogP contribution in [0.3, 0.4) is 0 Å². The average molecular weight is 304 g/mol. The molecule has 0 spiro atoms. The van der Waals surface area contributed by atoms with Gasteiger partial charge in [-0.25, -0.2) is 4.98 Å². The first-order valence-corrected chi connectivity index (χ1v) is 7.58. The van der Waals surface area contributed by atoms with Crippen molar-refractivity contribution in [2.24, 2.45) is 0 Å². The lowest BCUT2D eigenvalue weighted by molar-refractivity contribution is 0.554. The van der Waals surface area contributed by atoms with Crippen molar-refractivity contribution < 1.29 is 0 Å². The van der Waals surface area contributed by atoms with Crippen molar-refractivity contribution in [3.05, 3.63) is 5.82 Å². The van der Waals surface area contributed by atoms with Crippen LogP contribution in [0.1, 0.15) is 39.4 Å². The van der Waals surface area contributed by atoms with Crippen molar-refractivity contribution in [2.45, 2.75) is 45.1 Å². The van der Waals surface area contributed by atoms with Gasteiger partial charge in [0.05, 0.1) is 0 Å². The molecule has 2 rings (SSSR count). The zero-order valence-electron chi connectivity index (χ0n) is 10.0. The average Bonchev–Trinajstić information content (AvgIpc) is 2.84. The molecule has 0 aromatic carbocycles. The summed E-state index contributed by atoms with van der Waals surface area (Å²) < 4.78 is 4.47. The van der Waals surface area contributed by atoms with Crippen LogP contribution in [0.15, 0.2) is 0 Å². The molecule has 0 bridgehead atoms. The van der Waals surface area contributed by atoms with E-state index in [1.54, 1.807) is 0 Å². The molecule has 5 heteroatoms. The highest BCUT2D eigenvalue weighted by Crippen LogP contribution is 2.30. The Labute approximate surface area is 110 Å². The first-order chi connectivity index (χ1) is 7.52. The second kappa shape index (κ2) is 4.61. The number of anilines is 1. The molecule has 1 atom stereocenters. The van der Waals surface area contributed by atoms with Crippen LogP contribution < -0.4 is 4.90 Å². The van der Waals surface area contributed by atoms with Gasteiger partial charge in [0.15, 0.2) is 0 Å². The van der Waals surface area contributed by atoms with Crippen molar-refractivity contribution in [1.82, 2.24) is 9.36 Å². The van der Waals surface area contributed by atoms with E-state index in [0.717, 1.165) is 22.8 Å². The summed E-state index contributed by atoms with van der Waals surface area (Å²) in [5, 5.41) is 2.11. The predicted molar refractivity (Wildman–Crippen MR) is 72.8 cm³/mol. The summed E-state index contributed by atoms with van der Waals surface area (Å²) in [5.41, 5.74) is 0.0539. The zero-order chi connectivity index (χ0) is 11.8. The molecule has 1 aromatic rings. The molecule has 1 unspecified atom stereocenters. The fourth-order valence-electron chi connectivity index (χ4n) is 1.88. The number of halogens is 1. The third-order valence-electron chi connectivity index (χ3n) is 2.89. The maximum Gasteiger partial charge on any atom is 0.205 e. The topological polar surface area (TPSA) is 29.0 Å². The van der Waals surface area contributed by atoms with Gasteiger partial charge in [0.25, 0.3) is 0 Å². The van der Waals surface area contributed by atoms with E-state index in [4.69, 9.17) is 0 Å². The first kappa shape index (κ1) is 12.3. The molecule has 1 aromatic heterocycles. The fraction of sp³-hybridized carbons (Fsp3) is 0.818. The second-order valence-corrected chi connectivity index (χ2v) is 6.67. The van der Waals surface area contributed by atoms with Gasteiger partial charge >= 0.3 is 0 Å². The van der Waals surface area contributed by atoms with Crippen molar-refractivity contribution in [3.63, 3.8) is 0 Å². The molecular weight excluding hydrogens is 286 g/mol. The molecule has 2 heterocycles. The SMILES string of the molecule is CC(C)(C)c1nsc(N2CCCC2CBr)n1. The van der Waals surface area contributed by atoms with Crippen molar-refractivity contribution in [2.75, 3.05) is 16.8 Å². The number of alkyl halides is 1. The zero-order valence-corrected chi connectivity index (χ0v) is 12.4. The highest BCUT2D eigenvalue weighted by molar-refractivity contribution is 9.09. The van der Waals surface area contributed by atoms with E-state index in [9.17, 15) is 0 Å². The van der Waals surface area contributed by atoms with Crippen molar-refractivity contribution in [1.29, 1.82) is 0 Å². The fourth-order valence-corrected chi connectivity index (χ4v) is 3.51. The summed E-state index contributed by atoms with van der Waals surface area (Å²) in [6.07, 6.45) is 2.52. The normalized spacial score (nSPS) is 21.8. The quantitative estimate of drug-likeness (QED) is 0.786. The second-order valence-electron chi connectivity index (χ2n) is 5.29. The lowest BCUT2D eigenvalue weighted by Gasteiger charge is -2.21. The van der Waals surface area contributed by atoms with Crippen LogP contribution in [0.25, 0.3) is 0 Å². The number of hydrogen-bond acceptors (Lipinski definition) is 4. The number of hydrogen-bond donors (Lipinski definition) is 0. The molecule has 0 N–H and O–H groups in total. The minimum absolute atomic E-state index is 0.0539. The molecule has 1 fully saturated rings. The summed E-state index contributed by atoms with van der Waals surface area (Å²) in [7, 11) is 0. The van der Waals surface area contributed by atoms with Gasteiger partial charge in [0.2, 0.25) is 5.13 Å². The Hall–Kier alpha value is -0.160. The highest BCUT2D eigenvalue weighted by atomic mass is 79.9.